The zero-order valence-corrected chi connectivity index (χ0v) is 16.5. The molecule has 0 N–H and O–H groups in total. The largest absolute Gasteiger partial charge is 0.493 e. The molecule has 0 spiro atoms. The summed E-state index contributed by atoms with van der Waals surface area (Å²) in [7, 11) is 4.78. The maximum Gasteiger partial charge on any atom is 0.161 e. The molecule has 2 aromatic rings. The second-order valence-electron chi connectivity index (χ2n) is 5.75. The fourth-order valence-corrected chi connectivity index (χ4v) is 2.71. The fraction of sp³-hybridized carbons (Fsp3) is 0.318. The Kier molecular flexibility index (Phi) is 7.29. The molecular weight excluding hydrogens is 344 g/mol. The summed E-state index contributed by atoms with van der Waals surface area (Å²) >= 11 is 0. The summed E-state index contributed by atoms with van der Waals surface area (Å²) in [6.07, 6.45) is 2.07. The Morgan fingerprint density at radius 3 is 1.81 bits per heavy atom. The summed E-state index contributed by atoms with van der Waals surface area (Å²) in [5.74, 6) is 2.55. The average molecular weight is 370 g/mol. The van der Waals surface area contributed by atoms with E-state index < -0.39 is 0 Å². The van der Waals surface area contributed by atoms with E-state index in [1.165, 1.54) is 0 Å². The molecular formula is C22H26O5. The summed E-state index contributed by atoms with van der Waals surface area (Å²) < 4.78 is 21.8. The van der Waals surface area contributed by atoms with Crippen molar-refractivity contribution in [3.05, 3.63) is 53.6 Å². The summed E-state index contributed by atoms with van der Waals surface area (Å²) in [5.41, 5.74) is 2.49. The van der Waals surface area contributed by atoms with Crippen molar-refractivity contribution in [2.75, 3.05) is 27.9 Å². The number of carbonyl (C=O) groups excluding carboxylic acids is 1. The van der Waals surface area contributed by atoms with Gasteiger partial charge in [0.05, 0.1) is 27.9 Å². The molecule has 0 saturated heterocycles. The number of hydrogen-bond donors (Lipinski definition) is 0. The lowest BCUT2D eigenvalue weighted by atomic mass is 9.95. The molecule has 5 nitrogen and oxygen atoms in total. The summed E-state index contributed by atoms with van der Waals surface area (Å²) in [5, 5.41) is 0. The third-order valence-electron chi connectivity index (χ3n) is 4.12. The highest BCUT2D eigenvalue weighted by Crippen LogP contribution is 2.36. The van der Waals surface area contributed by atoms with Crippen LogP contribution in [-0.2, 0) is 4.79 Å². The van der Waals surface area contributed by atoms with E-state index in [1.807, 2.05) is 50.2 Å². The molecule has 2 aromatic carbocycles. The molecule has 0 radical (unpaired) electrons. The predicted octanol–water partition coefficient (Wildman–Crippen LogP) is 4.52. The first-order valence-electron chi connectivity index (χ1n) is 8.86. The second-order valence-corrected chi connectivity index (χ2v) is 5.75. The highest BCUT2D eigenvalue weighted by molar-refractivity contribution is 6.00. The number of carbonyl (C=O) groups is 1. The molecule has 27 heavy (non-hydrogen) atoms. The van der Waals surface area contributed by atoms with Crippen LogP contribution in [0.1, 0.15) is 31.4 Å². The Bertz CT molecular complexity index is 823. The Labute approximate surface area is 160 Å². The van der Waals surface area contributed by atoms with Crippen LogP contribution >= 0.6 is 0 Å². The Balaban J connectivity index is 2.61. The molecule has 144 valence electrons. The van der Waals surface area contributed by atoms with Crippen molar-refractivity contribution in [2.45, 2.75) is 20.3 Å². The number of benzene rings is 2. The van der Waals surface area contributed by atoms with Gasteiger partial charge in [0.1, 0.15) is 0 Å². The van der Waals surface area contributed by atoms with Crippen molar-refractivity contribution in [1.29, 1.82) is 0 Å². The van der Waals surface area contributed by atoms with Crippen LogP contribution in [0.4, 0.5) is 0 Å². The molecule has 0 aliphatic heterocycles. The van der Waals surface area contributed by atoms with Gasteiger partial charge in [-0.3, -0.25) is 4.79 Å². The van der Waals surface area contributed by atoms with Gasteiger partial charge in [-0.15, -0.1) is 0 Å². The number of allylic oxidation sites excluding steroid dienone is 1. The van der Waals surface area contributed by atoms with Gasteiger partial charge < -0.3 is 18.9 Å². The molecule has 0 aromatic heterocycles. The first-order chi connectivity index (χ1) is 13.1. The first-order valence-corrected chi connectivity index (χ1v) is 8.86. The number of ketones is 1. The SMILES string of the molecule is CCOc1cc(C(=CC(=O)CC)c2ccc(OC)c(OC)c2)ccc1OC. The van der Waals surface area contributed by atoms with Gasteiger partial charge in [-0.05, 0) is 54.0 Å². The predicted molar refractivity (Wildman–Crippen MR) is 106 cm³/mol. The van der Waals surface area contributed by atoms with E-state index in [0.717, 1.165) is 16.7 Å². The quantitative estimate of drug-likeness (QED) is 0.608. The van der Waals surface area contributed by atoms with Gasteiger partial charge in [0.2, 0.25) is 0 Å². The van der Waals surface area contributed by atoms with Crippen molar-refractivity contribution in [3.8, 4) is 23.0 Å². The van der Waals surface area contributed by atoms with Crippen LogP contribution in [0.25, 0.3) is 5.57 Å². The molecule has 0 amide bonds. The molecule has 5 heteroatoms. The fourth-order valence-electron chi connectivity index (χ4n) is 2.71. The monoisotopic (exact) mass is 370 g/mol. The Morgan fingerprint density at radius 2 is 1.33 bits per heavy atom. The lowest BCUT2D eigenvalue weighted by molar-refractivity contribution is -0.114. The van der Waals surface area contributed by atoms with Crippen LogP contribution in [0.5, 0.6) is 23.0 Å². The van der Waals surface area contributed by atoms with Crippen LogP contribution in [0.3, 0.4) is 0 Å². The molecule has 0 aliphatic rings. The third kappa shape index (κ3) is 4.82. The highest BCUT2D eigenvalue weighted by Gasteiger charge is 2.14. The van der Waals surface area contributed by atoms with Crippen LogP contribution in [0, 0.1) is 0 Å². The Morgan fingerprint density at radius 1 is 0.815 bits per heavy atom. The van der Waals surface area contributed by atoms with Gasteiger partial charge in [-0.1, -0.05) is 19.1 Å². The lowest BCUT2D eigenvalue weighted by Crippen LogP contribution is -1.99. The number of rotatable bonds is 9. The second kappa shape index (κ2) is 9.67. The average Bonchev–Trinajstić information content (AvgIpc) is 2.71. The minimum atomic E-state index is 0.0357. The van der Waals surface area contributed by atoms with E-state index in [0.29, 0.717) is 36.0 Å². The third-order valence-corrected chi connectivity index (χ3v) is 4.12. The minimum absolute atomic E-state index is 0.0357. The summed E-state index contributed by atoms with van der Waals surface area (Å²) in [6, 6.07) is 11.2. The molecule has 0 unspecified atom stereocenters. The molecule has 0 saturated carbocycles. The van der Waals surface area contributed by atoms with E-state index in [-0.39, 0.29) is 5.78 Å². The van der Waals surface area contributed by atoms with E-state index in [1.54, 1.807) is 27.4 Å². The Hall–Kier alpha value is -2.95. The lowest BCUT2D eigenvalue weighted by Gasteiger charge is -2.15. The van der Waals surface area contributed by atoms with Crippen LogP contribution < -0.4 is 18.9 Å². The summed E-state index contributed by atoms with van der Waals surface area (Å²) in [6.45, 7) is 4.27. The van der Waals surface area contributed by atoms with E-state index in [9.17, 15) is 4.79 Å². The molecule has 0 heterocycles. The van der Waals surface area contributed by atoms with Crippen LogP contribution in [0.15, 0.2) is 42.5 Å². The number of ether oxygens (including phenoxy) is 4. The zero-order chi connectivity index (χ0) is 19.8. The smallest absolute Gasteiger partial charge is 0.161 e. The molecule has 0 fully saturated rings. The molecule has 0 aliphatic carbocycles. The summed E-state index contributed by atoms with van der Waals surface area (Å²) in [4.78, 5) is 12.2. The maximum absolute atomic E-state index is 12.2. The number of methoxy groups -OCH3 is 3. The highest BCUT2D eigenvalue weighted by atomic mass is 16.5. The van der Waals surface area contributed by atoms with Crippen LogP contribution in [0.2, 0.25) is 0 Å². The van der Waals surface area contributed by atoms with Gasteiger partial charge in [0.25, 0.3) is 0 Å². The van der Waals surface area contributed by atoms with Gasteiger partial charge >= 0.3 is 0 Å². The normalized spacial score (nSPS) is 11.1. The van der Waals surface area contributed by atoms with E-state index in [2.05, 4.69) is 0 Å². The minimum Gasteiger partial charge on any atom is -0.493 e. The van der Waals surface area contributed by atoms with Gasteiger partial charge in [-0.2, -0.15) is 0 Å². The van der Waals surface area contributed by atoms with Gasteiger partial charge in [0.15, 0.2) is 28.8 Å². The molecule has 2 rings (SSSR count). The van der Waals surface area contributed by atoms with Crippen molar-refractivity contribution in [2.24, 2.45) is 0 Å². The van der Waals surface area contributed by atoms with Crippen molar-refractivity contribution >= 4 is 11.4 Å². The van der Waals surface area contributed by atoms with Gasteiger partial charge in [-0.25, -0.2) is 0 Å². The first kappa shape index (κ1) is 20.4. The van der Waals surface area contributed by atoms with E-state index in [4.69, 9.17) is 18.9 Å². The molecule has 0 bridgehead atoms. The van der Waals surface area contributed by atoms with Crippen molar-refractivity contribution in [1.82, 2.24) is 0 Å². The van der Waals surface area contributed by atoms with Gasteiger partial charge in [0, 0.05) is 6.42 Å². The van der Waals surface area contributed by atoms with Crippen molar-refractivity contribution in [3.63, 3.8) is 0 Å². The van der Waals surface area contributed by atoms with Crippen LogP contribution in [-0.4, -0.2) is 33.7 Å². The molecule has 0 atom stereocenters. The number of hydrogen-bond acceptors (Lipinski definition) is 5. The van der Waals surface area contributed by atoms with E-state index >= 15 is 0 Å². The topological polar surface area (TPSA) is 54.0 Å². The maximum atomic E-state index is 12.2. The standard InChI is InChI=1S/C22H26O5/c1-6-17(23)14-18(15-8-10-19(24-3)21(12-15)26-5)16-9-11-20(25-4)22(13-16)27-7-2/h8-14H,6-7H2,1-5H3. The van der Waals surface area contributed by atoms with Crippen molar-refractivity contribution < 1.29 is 23.7 Å². The zero-order valence-electron chi connectivity index (χ0n) is 16.5.